The molecule has 0 atom stereocenters. The van der Waals surface area contributed by atoms with E-state index in [-0.39, 0.29) is 11.4 Å². The van der Waals surface area contributed by atoms with E-state index in [1.807, 2.05) is 44.2 Å². The Kier molecular flexibility index (Phi) is 6.74. The summed E-state index contributed by atoms with van der Waals surface area (Å²) in [6.07, 6.45) is 2.87. The Balaban J connectivity index is 2.31. The molecule has 0 unspecified atom stereocenters. The normalized spacial score (nSPS) is 11.7. The summed E-state index contributed by atoms with van der Waals surface area (Å²) in [5.74, 6) is -0.289. The number of H-pyrrole nitrogens is 1. The van der Waals surface area contributed by atoms with E-state index >= 15 is 0 Å². The highest BCUT2D eigenvalue weighted by molar-refractivity contribution is 6.01. The van der Waals surface area contributed by atoms with E-state index < -0.39 is 11.2 Å². The van der Waals surface area contributed by atoms with Crippen LogP contribution < -0.4 is 11.2 Å². The number of hydrogen-bond donors (Lipinski definition) is 2. The van der Waals surface area contributed by atoms with Gasteiger partial charge in [-0.3, -0.25) is 19.3 Å². The summed E-state index contributed by atoms with van der Waals surface area (Å²) in [6, 6.07) is 9.95. The Hall–Kier alpha value is -2.63. The summed E-state index contributed by atoms with van der Waals surface area (Å²) in [5.41, 5.74) is 0.606. The molecule has 0 aliphatic heterocycles. The molecule has 0 aliphatic rings. The van der Waals surface area contributed by atoms with Crippen LogP contribution >= 0.6 is 0 Å². The van der Waals surface area contributed by atoms with Crippen LogP contribution in [0.15, 0.2) is 44.9 Å². The zero-order valence-corrected chi connectivity index (χ0v) is 14.8. The average molecular weight is 343 g/mol. The van der Waals surface area contributed by atoms with Crippen molar-refractivity contribution in [2.75, 3.05) is 6.54 Å². The number of aromatic hydroxyl groups is 1. The second kappa shape index (κ2) is 9.01. The first kappa shape index (κ1) is 18.7. The van der Waals surface area contributed by atoms with E-state index in [0.717, 1.165) is 24.8 Å². The van der Waals surface area contributed by atoms with Crippen molar-refractivity contribution < 1.29 is 5.11 Å². The van der Waals surface area contributed by atoms with Crippen LogP contribution in [0.25, 0.3) is 0 Å². The van der Waals surface area contributed by atoms with Gasteiger partial charge >= 0.3 is 5.69 Å². The number of hydrogen-bond acceptors (Lipinski definition) is 4. The molecular formula is C19H25N3O3. The fraction of sp³-hybridized carbons (Fsp3) is 0.421. The quantitative estimate of drug-likeness (QED) is 0.722. The molecule has 2 rings (SSSR count). The van der Waals surface area contributed by atoms with Crippen molar-refractivity contribution in [1.82, 2.24) is 9.55 Å². The van der Waals surface area contributed by atoms with Crippen LogP contribution in [0.1, 0.15) is 44.2 Å². The van der Waals surface area contributed by atoms with Crippen LogP contribution in [0.2, 0.25) is 0 Å². The molecule has 0 radical (unpaired) electrons. The first-order valence-corrected chi connectivity index (χ1v) is 8.72. The standard InChI is InChI=1S/C19H25N3O3/c1-3-5-13-22-18(24)16(17(23)21-19(22)25)15(4-2)20-12-11-14-9-7-6-8-10-14/h6-10,24H,3-5,11-13H2,1-2H3,(H,21,23,25). The third-order valence-corrected chi connectivity index (χ3v) is 4.08. The molecule has 0 amide bonds. The number of rotatable bonds is 8. The maximum atomic E-state index is 12.2. The van der Waals surface area contributed by atoms with Crippen LogP contribution in [-0.4, -0.2) is 26.9 Å². The topological polar surface area (TPSA) is 87.4 Å². The minimum Gasteiger partial charge on any atom is -0.494 e. The molecule has 6 nitrogen and oxygen atoms in total. The molecule has 0 saturated heterocycles. The summed E-state index contributed by atoms with van der Waals surface area (Å²) in [4.78, 5) is 30.9. The molecule has 0 saturated carbocycles. The molecule has 1 aromatic carbocycles. The van der Waals surface area contributed by atoms with E-state index in [1.165, 1.54) is 4.57 Å². The molecule has 2 N–H and O–H groups in total. The first-order chi connectivity index (χ1) is 12.1. The average Bonchev–Trinajstić information content (AvgIpc) is 2.61. The summed E-state index contributed by atoms with van der Waals surface area (Å²) < 4.78 is 1.21. The van der Waals surface area contributed by atoms with Crippen molar-refractivity contribution in [3.63, 3.8) is 0 Å². The molecule has 0 fully saturated rings. The van der Waals surface area contributed by atoms with Gasteiger partial charge in [0, 0.05) is 13.1 Å². The Bertz CT molecular complexity index is 835. The van der Waals surface area contributed by atoms with E-state index in [4.69, 9.17) is 0 Å². The second-order valence-corrected chi connectivity index (χ2v) is 5.88. The second-order valence-electron chi connectivity index (χ2n) is 5.88. The van der Waals surface area contributed by atoms with E-state index in [2.05, 4.69) is 9.98 Å². The van der Waals surface area contributed by atoms with E-state index in [1.54, 1.807) is 0 Å². The van der Waals surface area contributed by atoms with Gasteiger partial charge in [-0.05, 0) is 24.8 Å². The highest BCUT2D eigenvalue weighted by Gasteiger charge is 2.17. The van der Waals surface area contributed by atoms with Crippen LogP contribution in [0.3, 0.4) is 0 Å². The minimum absolute atomic E-state index is 0.103. The van der Waals surface area contributed by atoms with Crippen LogP contribution in [0.4, 0.5) is 0 Å². The number of aromatic amines is 1. The third-order valence-electron chi connectivity index (χ3n) is 4.08. The number of nitrogens with zero attached hydrogens (tertiary/aromatic N) is 2. The van der Waals surface area contributed by atoms with Crippen molar-refractivity contribution in [2.45, 2.75) is 46.1 Å². The maximum Gasteiger partial charge on any atom is 0.331 e. The van der Waals surface area contributed by atoms with Crippen molar-refractivity contribution in [3.8, 4) is 5.88 Å². The molecule has 2 aromatic rings. The molecular weight excluding hydrogens is 318 g/mol. The smallest absolute Gasteiger partial charge is 0.331 e. The van der Waals surface area contributed by atoms with Gasteiger partial charge in [-0.15, -0.1) is 0 Å². The van der Waals surface area contributed by atoms with Gasteiger partial charge in [-0.2, -0.15) is 0 Å². The van der Waals surface area contributed by atoms with Crippen LogP contribution in [0, 0.1) is 0 Å². The molecule has 1 aromatic heterocycles. The van der Waals surface area contributed by atoms with Gasteiger partial charge in [-0.25, -0.2) is 4.79 Å². The third kappa shape index (κ3) is 4.68. The van der Waals surface area contributed by atoms with Gasteiger partial charge < -0.3 is 5.11 Å². The highest BCUT2D eigenvalue weighted by Crippen LogP contribution is 2.14. The molecule has 134 valence electrons. The highest BCUT2D eigenvalue weighted by atomic mass is 16.3. The van der Waals surface area contributed by atoms with Gasteiger partial charge in [0.05, 0.1) is 5.71 Å². The van der Waals surface area contributed by atoms with Crippen molar-refractivity contribution >= 4 is 5.71 Å². The molecule has 6 heteroatoms. The summed E-state index contributed by atoms with van der Waals surface area (Å²) in [7, 11) is 0. The number of nitrogens with one attached hydrogen (secondary N) is 1. The van der Waals surface area contributed by atoms with Gasteiger partial charge in [0.15, 0.2) is 0 Å². The number of aliphatic imine (C=N–C) groups is 1. The Morgan fingerprint density at radius 2 is 1.92 bits per heavy atom. The number of benzene rings is 1. The summed E-state index contributed by atoms with van der Waals surface area (Å²) >= 11 is 0. The molecule has 0 spiro atoms. The zero-order valence-electron chi connectivity index (χ0n) is 14.8. The molecule has 1 heterocycles. The SMILES string of the molecule is CCCCn1c(O)c(C(CC)=NCCc2ccccc2)c(=O)[nH]c1=O. The fourth-order valence-electron chi connectivity index (χ4n) is 2.68. The van der Waals surface area contributed by atoms with Crippen LogP contribution in [-0.2, 0) is 13.0 Å². The monoisotopic (exact) mass is 343 g/mol. The Morgan fingerprint density at radius 3 is 2.56 bits per heavy atom. The first-order valence-electron chi connectivity index (χ1n) is 8.72. The van der Waals surface area contributed by atoms with Crippen molar-refractivity contribution in [2.24, 2.45) is 4.99 Å². The van der Waals surface area contributed by atoms with Gasteiger partial charge in [0.2, 0.25) is 5.88 Å². The van der Waals surface area contributed by atoms with Gasteiger partial charge in [-0.1, -0.05) is 50.6 Å². The Labute approximate surface area is 146 Å². The summed E-state index contributed by atoms with van der Waals surface area (Å²) in [5, 5.41) is 10.5. The predicted molar refractivity (Wildman–Crippen MR) is 99.7 cm³/mol. The lowest BCUT2D eigenvalue weighted by Crippen LogP contribution is -2.34. The summed E-state index contributed by atoms with van der Waals surface area (Å²) in [6.45, 7) is 4.75. The largest absolute Gasteiger partial charge is 0.494 e. The van der Waals surface area contributed by atoms with Crippen molar-refractivity contribution in [1.29, 1.82) is 0 Å². The lowest BCUT2D eigenvalue weighted by molar-refractivity contribution is 0.394. The van der Waals surface area contributed by atoms with Crippen molar-refractivity contribution in [3.05, 3.63) is 62.3 Å². The lowest BCUT2D eigenvalue weighted by atomic mass is 10.1. The lowest BCUT2D eigenvalue weighted by Gasteiger charge is -2.12. The van der Waals surface area contributed by atoms with Crippen LogP contribution in [0.5, 0.6) is 5.88 Å². The maximum absolute atomic E-state index is 12.2. The molecule has 25 heavy (non-hydrogen) atoms. The van der Waals surface area contributed by atoms with E-state index in [9.17, 15) is 14.7 Å². The minimum atomic E-state index is -0.587. The molecule has 0 aliphatic carbocycles. The van der Waals surface area contributed by atoms with Gasteiger partial charge in [0.25, 0.3) is 5.56 Å². The zero-order chi connectivity index (χ0) is 18.2. The number of unbranched alkanes of at least 4 members (excludes halogenated alkanes) is 1. The molecule has 0 bridgehead atoms. The fourth-order valence-corrected chi connectivity index (χ4v) is 2.68. The predicted octanol–water partition coefficient (Wildman–Crippen LogP) is 2.48. The number of aromatic nitrogens is 2. The van der Waals surface area contributed by atoms with E-state index in [0.29, 0.717) is 25.2 Å². The van der Waals surface area contributed by atoms with Gasteiger partial charge in [0.1, 0.15) is 5.56 Å². The Morgan fingerprint density at radius 1 is 1.20 bits per heavy atom.